The summed E-state index contributed by atoms with van der Waals surface area (Å²) in [6, 6.07) is 6.80. The number of benzene rings is 2. The van der Waals surface area contributed by atoms with Crippen LogP contribution in [-0.2, 0) is 10.0 Å². The number of hydrogen-bond acceptors (Lipinski definition) is 2. The second-order valence-electron chi connectivity index (χ2n) is 3.80. The fourth-order valence-corrected chi connectivity index (χ4v) is 4.07. The summed E-state index contributed by atoms with van der Waals surface area (Å²) in [7, 11) is -3.96. The van der Waals surface area contributed by atoms with Gasteiger partial charge in [0.2, 0.25) is 0 Å². The molecule has 8 heteroatoms. The van der Waals surface area contributed by atoms with Crippen LogP contribution >= 0.6 is 31.9 Å². The van der Waals surface area contributed by atoms with E-state index in [1.807, 2.05) is 0 Å². The molecule has 0 spiro atoms. The van der Waals surface area contributed by atoms with Crippen molar-refractivity contribution in [3.63, 3.8) is 0 Å². The molecule has 0 bridgehead atoms. The van der Waals surface area contributed by atoms with Gasteiger partial charge >= 0.3 is 0 Å². The molecule has 0 saturated carbocycles. The van der Waals surface area contributed by atoms with Crippen molar-refractivity contribution in [1.82, 2.24) is 0 Å². The molecule has 0 aliphatic rings. The largest absolute Gasteiger partial charge is 0.278 e. The second kappa shape index (κ2) is 5.79. The minimum atomic E-state index is -3.96. The van der Waals surface area contributed by atoms with E-state index in [0.29, 0.717) is 4.47 Å². The maximum absolute atomic E-state index is 13.1. The summed E-state index contributed by atoms with van der Waals surface area (Å²) in [5.74, 6) is -1.15. The third-order valence-electron chi connectivity index (χ3n) is 2.36. The first-order chi connectivity index (χ1) is 9.29. The summed E-state index contributed by atoms with van der Waals surface area (Å²) in [6.45, 7) is 0. The molecule has 0 aliphatic carbocycles. The highest BCUT2D eigenvalue weighted by Crippen LogP contribution is 2.28. The lowest BCUT2D eigenvalue weighted by molar-refractivity contribution is 0.598. The predicted molar refractivity (Wildman–Crippen MR) is 79.0 cm³/mol. The summed E-state index contributed by atoms with van der Waals surface area (Å²) < 4.78 is 53.2. The van der Waals surface area contributed by atoms with Gasteiger partial charge in [0, 0.05) is 8.95 Å². The molecule has 0 aliphatic heterocycles. The Labute approximate surface area is 131 Å². The van der Waals surface area contributed by atoms with Gasteiger partial charge in [-0.1, -0.05) is 0 Å². The third-order valence-corrected chi connectivity index (χ3v) is 5.39. The lowest BCUT2D eigenvalue weighted by Gasteiger charge is -2.11. The van der Waals surface area contributed by atoms with Crippen LogP contribution in [0.15, 0.2) is 50.2 Å². The molecule has 3 nitrogen and oxygen atoms in total. The van der Waals surface area contributed by atoms with E-state index in [2.05, 4.69) is 36.6 Å². The average Bonchev–Trinajstić information content (AvgIpc) is 2.33. The number of nitrogens with one attached hydrogen (secondary N) is 1. The molecule has 106 valence electrons. The molecule has 0 saturated heterocycles. The van der Waals surface area contributed by atoms with E-state index < -0.39 is 21.7 Å². The maximum Gasteiger partial charge on any atom is 0.263 e. The van der Waals surface area contributed by atoms with E-state index in [-0.39, 0.29) is 15.1 Å². The molecule has 2 aromatic carbocycles. The van der Waals surface area contributed by atoms with Crippen LogP contribution in [0.2, 0.25) is 0 Å². The predicted octanol–water partition coefficient (Wildman–Crippen LogP) is 4.29. The lowest BCUT2D eigenvalue weighted by Crippen LogP contribution is -2.14. The van der Waals surface area contributed by atoms with Gasteiger partial charge in [-0.25, -0.2) is 17.2 Å². The first-order valence-electron chi connectivity index (χ1n) is 5.22. The van der Waals surface area contributed by atoms with Gasteiger partial charge in [0.15, 0.2) is 0 Å². The van der Waals surface area contributed by atoms with Crippen LogP contribution in [0.5, 0.6) is 0 Å². The second-order valence-corrected chi connectivity index (χ2v) is 7.16. The van der Waals surface area contributed by atoms with Crippen LogP contribution in [0.25, 0.3) is 0 Å². The molecular formula is C12H7Br2F2NO2S. The first kappa shape index (κ1) is 15.4. The maximum atomic E-state index is 13.1. The molecule has 0 amide bonds. The van der Waals surface area contributed by atoms with E-state index in [9.17, 15) is 17.2 Å². The highest BCUT2D eigenvalue weighted by molar-refractivity contribution is 9.11. The Hall–Kier alpha value is -0.990. The van der Waals surface area contributed by atoms with Crippen molar-refractivity contribution in [3.8, 4) is 0 Å². The summed E-state index contributed by atoms with van der Waals surface area (Å²) in [5, 5.41) is 0. The van der Waals surface area contributed by atoms with E-state index in [1.165, 1.54) is 12.1 Å². The highest BCUT2D eigenvalue weighted by Gasteiger charge is 2.19. The quantitative estimate of drug-likeness (QED) is 0.795. The standard InChI is InChI=1S/C12H7Br2F2NO2S/c13-9-3-1-8(16)6-11(9)17-20(18,19)12-4-2-7(15)5-10(12)14/h1-6,17H. The van der Waals surface area contributed by atoms with Gasteiger partial charge in [-0.3, -0.25) is 4.72 Å². The highest BCUT2D eigenvalue weighted by atomic mass is 79.9. The molecule has 0 aromatic heterocycles. The van der Waals surface area contributed by atoms with Gasteiger partial charge in [-0.05, 0) is 68.3 Å². The number of anilines is 1. The van der Waals surface area contributed by atoms with Crippen molar-refractivity contribution < 1.29 is 17.2 Å². The van der Waals surface area contributed by atoms with Crippen LogP contribution in [0.4, 0.5) is 14.5 Å². The molecule has 0 fully saturated rings. The topological polar surface area (TPSA) is 46.2 Å². The Balaban J connectivity index is 2.43. The number of halogens is 4. The summed E-state index contributed by atoms with van der Waals surface area (Å²) >= 11 is 6.10. The minimum Gasteiger partial charge on any atom is -0.278 e. The summed E-state index contributed by atoms with van der Waals surface area (Å²) in [4.78, 5) is -0.143. The van der Waals surface area contributed by atoms with Crippen LogP contribution in [0.1, 0.15) is 0 Å². The fraction of sp³-hybridized carbons (Fsp3) is 0. The molecule has 0 radical (unpaired) electrons. The van der Waals surface area contributed by atoms with Gasteiger partial charge in [-0.2, -0.15) is 0 Å². The smallest absolute Gasteiger partial charge is 0.263 e. The van der Waals surface area contributed by atoms with E-state index in [1.54, 1.807) is 0 Å². The van der Waals surface area contributed by atoms with Crippen molar-refractivity contribution in [3.05, 3.63) is 57.0 Å². The van der Waals surface area contributed by atoms with Gasteiger partial charge in [0.1, 0.15) is 16.5 Å². The first-order valence-corrected chi connectivity index (χ1v) is 8.29. The zero-order valence-electron chi connectivity index (χ0n) is 9.70. The Kier molecular flexibility index (Phi) is 4.46. The summed E-state index contributed by atoms with van der Waals surface area (Å²) in [5.41, 5.74) is 0.0567. The van der Waals surface area contributed by atoms with Crippen LogP contribution in [0, 0.1) is 11.6 Å². The Morgan fingerprint density at radius 1 is 0.900 bits per heavy atom. The molecule has 20 heavy (non-hydrogen) atoms. The number of hydrogen-bond donors (Lipinski definition) is 1. The van der Waals surface area contributed by atoms with Crippen molar-refractivity contribution in [2.75, 3.05) is 4.72 Å². The van der Waals surface area contributed by atoms with Crippen molar-refractivity contribution in [2.24, 2.45) is 0 Å². The molecule has 0 atom stereocenters. The molecule has 1 N–H and O–H groups in total. The molecule has 2 rings (SSSR count). The van der Waals surface area contributed by atoms with Crippen LogP contribution in [-0.4, -0.2) is 8.42 Å². The lowest BCUT2D eigenvalue weighted by atomic mass is 10.3. The third kappa shape index (κ3) is 3.36. The number of rotatable bonds is 3. The Morgan fingerprint density at radius 3 is 2.15 bits per heavy atom. The zero-order chi connectivity index (χ0) is 14.9. The van der Waals surface area contributed by atoms with Crippen molar-refractivity contribution in [2.45, 2.75) is 4.90 Å². The fourth-order valence-electron chi connectivity index (χ4n) is 1.47. The van der Waals surface area contributed by atoms with Crippen LogP contribution in [0.3, 0.4) is 0 Å². The van der Waals surface area contributed by atoms with Crippen molar-refractivity contribution in [1.29, 1.82) is 0 Å². The van der Waals surface area contributed by atoms with Gasteiger partial charge < -0.3 is 0 Å². The van der Waals surface area contributed by atoms with Crippen molar-refractivity contribution >= 4 is 47.6 Å². The van der Waals surface area contributed by atoms with Crippen LogP contribution < -0.4 is 4.72 Å². The van der Waals surface area contributed by atoms with E-state index in [4.69, 9.17) is 0 Å². The number of sulfonamides is 1. The van der Waals surface area contributed by atoms with Gasteiger partial charge in [0.05, 0.1) is 5.69 Å². The van der Waals surface area contributed by atoms with Gasteiger partial charge in [0.25, 0.3) is 10.0 Å². The molecule has 0 heterocycles. The summed E-state index contributed by atoms with van der Waals surface area (Å²) in [6.07, 6.45) is 0. The van der Waals surface area contributed by atoms with E-state index >= 15 is 0 Å². The average molecular weight is 427 g/mol. The zero-order valence-corrected chi connectivity index (χ0v) is 13.7. The molecular weight excluding hydrogens is 420 g/mol. The SMILES string of the molecule is O=S(=O)(Nc1cc(F)ccc1Br)c1ccc(F)cc1Br. The molecule has 0 unspecified atom stereocenters. The monoisotopic (exact) mass is 425 g/mol. The van der Waals surface area contributed by atoms with E-state index in [0.717, 1.165) is 24.3 Å². The molecule has 2 aromatic rings. The van der Waals surface area contributed by atoms with Gasteiger partial charge in [-0.15, -0.1) is 0 Å². The minimum absolute atomic E-state index is 0.0567. The Morgan fingerprint density at radius 2 is 1.50 bits per heavy atom. The normalized spacial score (nSPS) is 11.4. The Bertz CT molecular complexity index is 766.